The first-order chi connectivity index (χ1) is 40.8. The van der Waals surface area contributed by atoms with E-state index in [1.54, 1.807) is 53.7 Å². The number of hydrogen-bond donors (Lipinski definition) is 2. The van der Waals surface area contributed by atoms with Crippen LogP contribution in [-0.2, 0) is 61.8 Å². The van der Waals surface area contributed by atoms with Gasteiger partial charge in [0.2, 0.25) is 0 Å². The van der Waals surface area contributed by atoms with E-state index in [2.05, 4.69) is 47.2 Å². The van der Waals surface area contributed by atoms with E-state index < -0.39 is 59.1 Å². The first-order valence-electron chi connectivity index (χ1n) is 30.7. The van der Waals surface area contributed by atoms with Gasteiger partial charge >= 0.3 is 23.9 Å². The fourth-order valence-electron chi connectivity index (χ4n) is 14.2. The molecule has 0 unspecified atom stereocenters. The average Bonchev–Trinajstić information content (AvgIpc) is 1.93. The van der Waals surface area contributed by atoms with Gasteiger partial charge in [-0.2, -0.15) is 0 Å². The van der Waals surface area contributed by atoms with Gasteiger partial charge < -0.3 is 48.4 Å². The van der Waals surface area contributed by atoms with Crippen molar-refractivity contribution in [2.24, 2.45) is 23.7 Å². The topological polar surface area (TPSA) is 171 Å². The molecule has 10 rings (SSSR count). The highest BCUT2D eigenvalue weighted by Gasteiger charge is 2.47. The van der Waals surface area contributed by atoms with E-state index in [-0.39, 0.29) is 47.3 Å². The molecule has 0 amide bonds. The van der Waals surface area contributed by atoms with E-state index in [4.69, 9.17) is 51.6 Å². The summed E-state index contributed by atoms with van der Waals surface area (Å²) in [6.45, 7) is 22.4. The second kappa shape index (κ2) is 26.7. The molecule has 0 aromatic heterocycles. The van der Waals surface area contributed by atoms with Crippen molar-refractivity contribution in [2.45, 2.75) is 165 Å². The number of aliphatic hydroxyl groups excluding tert-OH is 2. The molecule has 4 aromatic rings. The van der Waals surface area contributed by atoms with Crippen molar-refractivity contribution in [3.63, 3.8) is 0 Å². The molecule has 2 saturated carbocycles. The maximum atomic E-state index is 13.0. The first-order valence-corrected chi connectivity index (χ1v) is 31.4. The number of halogens is 2. The Morgan fingerprint density at radius 2 is 1.01 bits per heavy atom. The van der Waals surface area contributed by atoms with E-state index in [1.807, 2.05) is 48.5 Å². The zero-order valence-electron chi connectivity index (χ0n) is 51.5. The number of aliphatic hydroxyl groups is 2. The highest BCUT2D eigenvalue weighted by atomic mass is 35.5. The standard InChI is InChI=1S/2C35H44ClNO6/c2*1-6-30(38)26-12-9-24(26)19-37-20-35(15-7-8-23-16-25(36)11-13-28(23)35)21-42-31-14-10-22(17-29(31)37)27(33(40)41-5)18-32(39)43-34(2,3)4/h2*6,10-11,13-14,16-17,24,26-27,30,38H,1,7-9,12,15,18-21H2,2-5H3/t24-,26+,27+,30-,35-;24-,26+,27-,30-,35-/m00/s1. The van der Waals surface area contributed by atoms with E-state index in [9.17, 15) is 29.4 Å². The smallest absolute Gasteiger partial charge is 0.313 e. The van der Waals surface area contributed by atoms with Gasteiger partial charge in [-0.1, -0.05) is 59.6 Å². The Kier molecular flexibility index (Phi) is 20.0. The number of ether oxygens (including phenoxy) is 6. The van der Waals surface area contributed by atoms with Crippen LogP contribution < -0.4 is 19.3 Å². The molecule has 16 heteroatoms. The molecule has 4 aromatic carbocycles. The molecule has 2 spiro atoms. The zero-order chi connectivity index (χ0) is 61.9. The summed E-state index contributed by atoms with van der Waals surface area (Å²) < 4.78 is 34.6. The van der Waals surface area contributed by atoms with Gasteiger partial charge in [-0.05, 0) is 211 Å². The number of carbonyl (C=O) groups is 4. The molecular formula is C70H88Cl2N2O12. The molecule has 10 atom stereocenters. The molecule has 4 aliphatic carbocycles. The molecule has 86 heavy (non-hydrogen) atoms. The monoisotopic (exact) mass is 1220 g/mol. The number of anilines is 2. The van der Waals surface area contributed by atoms with Crippen LogP contribution in [-0.4, -0.2) is 111 Å². The Balaban J connectivity index is 0.000000205. The molecular weight excluding hydrogens is 1130 g/mol. The maximum Gasteiger partial charge on any atom is 0.313 e. The fourth-order valence-corrected chi connectivity index (χ4v) is 14.6. The largest absolute Gasteiger partial charge is 0.490 e. The molecule has 2 aliphatic heterocycles. The van der Waals surface area contributed by atoms with Gasteiger partial charge in [-0.15, -0.1) is 13.2 Å². The zero-order valence-corrected chi connectivity index (χ0v) is 53.0. The van der Waals surface area contributed by atoms with Gasteiger partial charge in [0.25, 0.3) is 0 Å². The number of esters is 4. The summed E-state index contributed by atoms with van der Waals surface area (Å²) >= 11 is 12.8. The number of aryl methyl sites for hydroxylation is 2. The molecule has 0 radical (unpaired) electrons. The number of rotatable bonds is 16. The SMILES string of the molecule is C=C[C@H](O)[C@@H]1CC[C@H]1CN1C[C@@]2(CCCc3cc(Cl)ccc32)COc2ccc([C@@H](CC(=O)OC(C)(C)C)C(=O)OC)cc21.C=C[C@H](O)[C@@H]1CC[C@H]1CN1C[C@@]2(CCCc3cc(Cl)ccc32)COc2ccc([C@H](CC(=O)OC(C)(C)C)C(=O)OC)cc21. The molecule has 0 bridgehead atoms. The lowest BCUT2D eigenvalue weighted by molar-refractivity contribution is -0.159. The predicted molar refractivity (Wildman–Crippen MR) is 336 cm³/mol. The molecule has 6 aliphatic rings. The number of benzene rings is 4. The lowest BCUT2D eigenvalue weighted by Crippen LogP contribution is -2.49. The molecule has 0 saturated heterocycles. The van der Waals surface area contributed by atoms with Crippen molar-refractivity contribution in [3.05, 3.63) is 142 Å². The second-order valence-corrected chi connectivity index (χ2v) is 27.7. The fraction of sp³-hybridized carbons (Fsp3) is 0.543. The second-order valence-electron chi connectivity index (χ2n) is 26.9. The summed E-state index contributed by atoms with van der Waals surface area (Å²) in [7, 11) is 2.67. The normalized spacial score (nSPS) is 24.4. The molecule has 2 heterocycles. The Morgan fingerprint density at radius 1 is 0.616 bits per heavy atom. The van der Waals surface area contributed by atoms with Crippen LogP contribution in [0.4, 0.5) is 11.4 Å². The highest BCUT2D eigenvalue weighted by molar-refractivity contribution is 6.31. The number of fused-ring (bicyclic) bond motifs is 6. The summed E-state index contributed by atoms with van der Waals surface area (Å²) in [6.07, 6.45) is 11.9. The van der Waals surface area contributed by atoms with Crippen molar-refractivity contribution in [2.75, 3.05) is 63.4 Å². The summed E-state index contributed by atoms with van der Waals surface area (Å²) in [5, 5.41) is 22.7. The Hall–Kier alpha value is -6.06. The van der Waals surface area contributed by atoms with Crippen molar-refractivity contribution < 1.29 is 57.8 Å². The Labute approximate surface area is 518 Å². The third kappa shape index (κ3) is 14.6. The van der Waals surface area contributed by atoms with Crippen LogP contribution in [0.5, 0.6) is 11.5 Å². The third-order valence-corrected chi connectivity index (χ3v) is 19.2. The summed E-state index contributed by atoms with van der Waals surface area (Å²) in [5.41, 5.74) is 6.37. The van der Waals surface area contributed by atoms with Crippen LogP contribution >= 0.6 is 23.2 Å². The summed E-state index contributed by atoms with van der Waals surface area (Å²) in [5.74, 6) is -1.20. The molecule has 2 fully saturated rings. The van der Waals surface area contributed by atoms with Gasteiger partial charge in [0, 0.05) is 47.1 Å². The first kappa shape index (κ1) is 64.4. The van der Waals surface area contributed by atoms with E-state index >= 15 is 0 Å². The van der Waals surface area contributed by atoms with Crippen LogP contribution in [0.25, 0.3) is 0 Å². The van der Waals surface area contributed by atoms with Crippen molar-refractivity contribution in [1.29, 1.82) is 0 Å². The van der Waals surface area contributed by atoms with Crippen LogP contribution in [0, 0.1) is 23.7 Å². The molecule has 14 nitrogen and oxygen atoms in total. The predicted octanol–water partition coefficient (Wildman–Crippen LogP) is 12.7. The van der Waals surface area contributed by atoms with Gasteiger partial charge in [-0.25, -0.2) is 0 Å². The van der Waals surface area contributed by atoms with Crippen molar-refractivity contribution >= 4 is 58.5 Å². The highest BCUT2D eigenvalue weighted by Crippen LogP contribution is 2.50. The van der Waals surface area contributed by atoms with Gasteiger partial charge in [-0.3, -0.25) is 19.2 Å². The van der Waals surface area contributed by atoms with E-state index in [0.717, 1.165) is 123 Å². The minimum absolute atomic E-state index is 0.127. The van der Waals surface area contributed by atoms with Crippen molar-refractivity contribution in [1.82, 2.24) is 0 Å². The lowest BCUT2D eigenvalue weighted by Gasteiger charge is -2.45. The van der Waals surface area contributed by atoms with E-state index in [1.165, 1.54) is 36.5 Å². The minimum atomic E-state index is -0.819. The number of carbonyl (C=O) groups excluding carboxylic acids is 4. The van der Waals surface area contributed by atoms with Gasteiger partial charge in [0.05, 0.1) is 75.7 Å². The maximum absolute atomic E-state index is 13.0. The number of methoxy groups -OCH3 is 2. The average molecular weight is 1220 g/mol. The van der Waals surface area contributed by atoms with Crippen molar-refractivity contribution in [3.8, 4) is 11.5 Å². The number of hydrogen-bond acceptors (Lipinski definition) is 14. The van der Waals surface area contributed by atoms with Crippen LogP contribution in [0.1, 0.15) is 151 Å². The summed E-state index contributed by atoms with van der Waals surface area (Å²) in [6, 6.07) is 23.9. The molecule has 464 valence electrons. The lowest BCUT2D eigenvalue weighted by atomic mass is 9.68. The summed E-state index contributed by atoms with van der Waals surface area (Å²) in [4.78, 5) is 56.4. The van der Waals surface area contributed by atoms with Crippen LogP contribution in [0.2, 0.25) is 10.0 Å². The Morgan fingerprint density at radius 3 is 1.35 bits per heavy atom. The molecule has 2 N–H and O–H groups in total. The van der Waals surface area contributed by atoms with Crippen LogP contribution in [0.3, 0.4) is 0 Å². The Bertz CT molecular complexity index is 2940. The number of nitrogens with zero attached hydrogens (tertiary/aromatic N) is 2. The quantitative estimate of drug-likeness (QED) is 0.0617. The minimum Gasteiger partial charge on any atom is -0.490 e. The van der Waals surface area contributed by atoms with Crippen LogP contribution in [0.15, 0.2) is 98.1 Å². The van der Waals surface area contributed by atoms with E-state index in [0.29, 0.717) is 24.3 Å². The third-order valence-electron chi connectivity index (χ3n) is 18.7. The van der Waals surface area contributed by atoms with Gasteiger partial charge in [0.15, 0.2) is 0 Å². The van der Waals surface area contributed by atoms with Gasteiger partial charge in [0.1, 0.15) is 22.7 Å².